The van der Waals surface area contributed by atoms with Gasteiger partial charge in [0.15, 0.2) is 0 Å². The molecule has 35 heavy (non-hydrogen) atoms. The number of fused-ring (bicyclic) bond motifs is 1. The lowest BCUT2D eigenvalue weighted by atomic mass is 9.87. The third kappa shape index (κ3) is 5.64. The molecule has 1 N–H and O–H groups in total. The van der Waals surface area contributed by atoms with E-state index in [1.807, 2.05) is 12.1 Å². The summed E-state index contributed by atoms with van der Waals surface area (Å²) in [6.07, 6.45) is 7.58. The Bertz CT molecular complexity index is 1200. The van der Waals surface area contributed by atoms with Gasteiger partial charge in [0.25, 0.3) is 0 Å². The number of halogens is 1. The lowest BCUT2D eigenvalue weighted by Crippen LogP contribution is -2.24. The smallest absolute Gasteiger partial charge is 0.120 e. The molecular weight excluding hydrogens is 508 g/mol. The van der Waals surface area contributed by atoms with Gasteiger partial charge in [0.1, 0.15) is 12.4 Å². The van der Waals surface area contributed by atoms with Gasteiger partial charge in [0.2, 0.25) is 0 Å². The van der Waals surface area contributed by atoms with Gasteiger partial charge >= 0.3 is 0 Å². The van der Waals surface area contributed by atoms with Crippen LogP contribution in [-0.2, 0) is 4.74 Å². The maximum absolute atomic E-state index is 9.41. The molecule has 2 aromatic carbocycles. The maximum atomic E-state index is 9.41. The Hall–Kier alpha value is -2.60. The predicted molar refractivity (Wildman–Crippen MR) is 139 cm³/mol. The number of hydrogen-bond acceptors (Lipinski definition) is 6. The van der Waals surface area contributed by atoms with Crippen molar-refractivity contribution >= 4 is 32.5 Å². The van der Waals surface area contributed by atoms with E-state index in [1.165, 1.54) is 0 Å². The van der Waals surface area contributed by atoms with Crippen LogP contribution in [-0.4, -0.2) is 53.9 Å². The monoisotopic (exact) mass is 538 g/mol. The van der Waals surface area contributed by atoms with E-state index in [1.54, 1.807) is 12.1 Å². The summed E-state index contributed by atoms with van der Waals surface area (Å²) in [6.45, 7) is 3.04. The van der Waals surface area contributed by atoms with Crippen molar-refractivity contribution in [2.75, 3.05) is 37.8 Å². The molecule has 2 aliphatic rings. The van der Waals surface area contributed by atoms with Crippen LogP contribution in [0, 0.1) is 17.2 Å². The largest absolute Gasteiger partial charge is 0.491 e. The minimum atomic E-state index is 0.158. The lowest BCUT2D eigenvalue weighted by Gasteiger charge is -2.27. The highest BCUT2D eigenvalue weighted by atomic mass is 79.9. The summed E-state index contributed by atoms with van der Waals surface area (Å²) in [5.41, 5.74) is 2.77. The van der Waals surface area contributed by atoms with Gasteiger partial charge in [-0.05, 0) is 84.3 Å². The van der Waals surface area contributed by atoms with Crippen LogP contribution in [0.4, 0.5) is 5.69 Å². The van der Waals surface area contributed by atoms with Crippen molar-refractivity contribution in [3.63, 3.8) is 0 Å². The first-order chi connectivity index (χ1) is 17.1. The number of benzene rings is 2. The highest BCUT2D eigenvalue weighted by Crippen LogP contribution is 2.36. The molecule has 0 amide bonds. The average Bonchev–Trinajstić information content (AvgIpc) is 3.53. The van der Waals surface area contributed by atoms with E-state index in [0.717, 1.165) is 66.3 Å². The van der Waals surface area contributed by atoms with Gasteiger partial charge in [-0.3, -0.25) is 4.68 Å². The van der Waals surface area contributed by atoms with Crippen molar-refractivity contribution in [2.24, 2.45) is 5.92 Å². The molecule has 7 nitrogen and oxygen atoms in total. The number of aliphatic hydroxyl groups excluding tert-OH is 1. The zero-order chi connectivity index (χ0) is 24.2. The summed E-state index contributed by atoms with van der Waals surface area (Å²) >= 11 is 3.78. The third-order valence-electron chi connectivity index (χ3n) is 7.19. The van der Waals surface area contributed by atoms with Gasteiger partial charge in [-0.15, -0.1) is 0 Å². The van der Waals surface area contributed by atoms with Crippen LogP contribution in [0.15, 0.2) is 47.1 Å². The van der Waals surface area contributed by atoms with Crippen molar-refractivity contribution in [3.8, 4) is 11.8 Å². The maximum Gasteiger partial charge on any atom is 0.120 e. The molecule has 184 valence electrons. The topological polar surface area (TPSA) is 83.5 Å². The SMILES string of the molecule is N#Cc1cccc(OCCO[C@H]2CCN(c3cc4nn(C5CCC(CO)CC5)cc4cc3Br)C2)c1. The second kappa shape index (κ2) is 11.0. The highest BCUT2D eigenvalue weighted by molar-refractivity contribution is 9.10. The standard InChI is InChI=1S/C27H31BrN4O3/c28-25-13-21-16-32(22-6-4-19(18-33)5-7-22)30-26(21)14-27(25)31-9-8-24(17-31)35-11-10-34-23-3-1-2-20(12-23)15-29/h1-3,12-14,16,19,22,24,33H,4-11,17-18H2/t19?,22?,24-/m0/s1. The Balaban J connectivity index is 1.16. The number of anilines is 1. The fraction of sp³-hybridized carbons (Fsp3) is 0.481. The second-order valence-electron chi connectivity index (χ2n) is 9.54. The molecule has 2 heterocycles. The number of aliphatic hydroxyl groups is 1. The fourth-order valence-electron chi connectivity index (χ4n) is 5.19. The van der Waals surface area contributed by atoms with Gasteiger partial charge in [0.05, 0.1) is 41.6 Å². The van der Waals surface area contributed by atoms with Gasteiger partial charge < -0.3 is 19.5 Å². The minimum absolute atomic E-state index is 0.158. The van der Waals surface area contributed by atoms with E-state index >= 15 is 0 Å². The second-order valence-corrected chi connectivity index (χ2v) is 10.4. The summed E-state index contributed by atoms with van der Waals surface area (Å²) < 4.78 is 15.0. The number of aromatic nitrogens is 2. The molecule has 0 bridgehead atoms. The summed E-state index contributed by atoms with van der Waals surface area (Å²) in [4.78, 5) is 2.36. The number of hydrogen-bond donors (Lipinski definition) is 1. The fourth-order valence-corrected chi connectivity index (χ4v) is 5.80. The molecule has 1 saturated heterocycles. The van der Waals surface area contributed by atoms with E-state index in [4.69, 9.17) is 19.8 Å². The Labute approximate surface area is 214 Å². The number of ether oxygens (including phenoxy) is 2. The first-order valence-electron chi connectivity index (χ1n) is 12.4. The molecule has 8 heteroatoms. The van der Waals surface area contributed by atoms with Gasteiger partial charge in [-0.25, -0.2) is 0 Å². The first-order valence-corrected chi connectivity index (χ1v) is 13.2. The van der Waals surface area contributed by atoms with Gasteiger partial charge in [-0.1, -0.05) is 6.07 Å². The van der Waals surface area contributed by atoms with Crippen LogP contribution in [0.1, 0.15) is 43.7 Å². The zero-order valence-corrected chi connectivity index (χ0v) is 21.4. The van der Waals surface area contributed by atoms with Crippen molar-refractivity contribution in [1.29, 1.82) is 5.26 Å². The Kier molecular flexibility index (Phi) is 7.57. The molecule has 3 aromatic rings. The van der Waals surface area contributed by atoms with Crippen LogP contribution in [0.3, 0.4) is 0 Å². The molecule has 1 aliphatic heterocycles. The molecule has 0 radical (unpaired) electrons. The third-order valence-corrected chi connectivity index (χ3v) is 7.83. The van der Waals surface area contributed by atoms with E-state index < -0.39 is 0 Å². The minimum Gasteiger partial charge on any atom is -0.491 e. The van der Waals surface area contributed by atoms with Gasteiger partial charge in [0, 0.05) is 35.8 Å². The van der Waals surface area contributed by atoms with E-state index in [-0.39, 0.29) is 6.10 Å². The number of rotatable bonds is 8. The normalized spacial score (nSPS) is 22.4. The van der Waals surface area contributed by atoms with Crippen LogP contribution in [0.2, 0.25) is 0 Å². The highest BCUT2D eigenvalue weighted by Gasteiger charge is 2.26. The summed E-state index contributed by atoms with van der Waals surface area (Å²) in [5, 5.41) is 24.5. The van der Waals surface area contributed by atoms with Crippen LogP contribution in [0.25, 0.3) is 10.9 Å². The van der Waals surface area contributed by atoms with Crippen molar-refractivity contribution in [2.45, 2.75) is 44.2 Å². The molecule has 1 aliphatic carbocycles. The van der Waals surface area contributed by atoms with E-state index in [9.17, 15) is 5.11 Å². The molecule has 1 aromatic heterocycles. The first kappa shape index (κ1) is 24.1. The molecule has 1 atom stereocenters. The van der Waals surface area contributed by atoms with E-state index in [2.05, 4.69) is 49.9 Å². The van der Waals surface area contributed by atoms with Crippen molar-refractivity contribution in [3.05, 3.63) is 52.6 Å². The molecule has 1 saturated carbocycles. The molecule has 2 fully saturated rings. The quantitative estimate of drug-likeness (QED) is 0.403. The van der Waals surface area contributed by atoms with Crippen LogP contribution < -0.4 is 9.64 Å². The van der Waals surface area contributed by atoms with E-state index in [0.29, 0.717) is 43.1 Å². The summed E-state index contributed by atoms with van der Waals surface area (Å²) in [5.74, 6) is 1.14. The predicted octanol–water partition coefficient (Wildman–Crippen LogP) is 5.07. The van der Waals surface area contributed by atoms with Crippen LogP contribution in [0.5, 0.6) is 5.75 Å². The Morgan fingerprint density at radius 3 is 2.77 bits per heavy atom. The molecule has 0 unspecified atom stereocenters. The lowest BCUT2D eigenvalue weighted by molar-refractivity contribution is 0.0465. The number of nitrogens with zero attached hydrogens (tertiary/aromatic N) is 4. The molecular formula is C27H31BrN4O3. The number of nitriles is 1. The zero-order valence-electron chi connectivity index (χ0n) is 19.8. The average molecular weight is 539 g/mol. The Morgan fingerprint density at radius 1 is 1.11 bits per heavy atom. The summed E-state index contributed by atoms with van der Waals surface area (Å²) in [7, 11) is 0. The molecule has 0 spiro atoms. The van der Waals surface area contributed by atoms with Crippen LogP contribution >= 0.6 is 15.9 Å². The van der Waals surface area contributed by atoms with Crippen molar-refractivity contribution < 1.29 is 14.6 Å². The van der Waals surface area contributed by atoms with Gasteiger partial charge in [-0.2, -0.15) is 10.4 Å². The summed E-state index contributed by atoms with van der Waals surface area (Å²) in [6, 6.07) is 14.1. The van der Waals surface area contributed by atoms with Crippen molar-refractivity contribution in [1.82, 2.24) is 9.78 Å². The Morgan fingerprint density at radius 2 is 1.97 bits per heavy atom. The molecule has 5 rings (SSSR count).